The van der Waals surface area contributed by atoms with Gasteiger partial charge in [0, 0.05) is 24.5 Å². The van der Waals surface area contributed by atoms with Crippen LogP contribution in [0, 0.1) is 0 Å². The summed E-state index contributed by atoms with van der Waals surface area (Å²) in [5.74, 6) is 1.37. The topological polar surface area (TPSA) is 61.0 Å². The maximum Gasteiger partial charge on any atom is 0.133 e. The number of hydrogen-bond donors (Lipinski definition) is 1. The molecule has 2 N–H and O–H groups in total. The molecule has 0 aromatic carbocycles. The van der Waals surface area contributed by atoms with Crippen molar-refractivity contribution in [3.63, 3.8) is 0 Å². The molecule has 1 saturated heterocycles. The molecule has 2 rings (SSSR count). The average molecular weight is 249 g/mol. The number of nitrogen functional groups attached to an aromatic ring is 1. The predicted octanol–water partition coefficient (Wildman–Crippen LogP) is 2.47. The van der Waals surface area contributed by atoms with E-state index in [0.717, 1.165) is 31.0 Å². The second kappa shape index (κ2) is 5.22. The van der Waals surface area contributed by atoms with Crippen molar-refractivity contribution in [2.24, 2.45) is 0 Å². The molecule has 0 amide bonds. The Hall–Kier alpha value is -1.16. The molecule has 4 nitrogen and oxygen atoms in total. The second-order valence-electron chi connectivity index (χ2n) is 6.04. The van der Waals surface area contributed by atoms with Crippen LogP contribution in [0.15, 0.2) is 6.07 Å². The van der Waals surface area contributed by atoms with Gasteiger partial charge < -0.3 is 10.5 Å². The quantitative estimate of drug-likeness (QED) is 0.874. The first-order chi connectivity index (χ1) is 8.45. The molecule has 1 fully saturated rings. The van der Waals surface area contributed by atoms with Gasteiger partial charge in [0.1, 0.15) is 11.6 Å². The molecule has 1 aliphatic heterocycles. The van der Waals surface area contributed by atoms with Gasteiger partial charge >= 0.3 is 0 Å². The molecule has 0 bridgehead atoms. The van der Waals surface area contributed by atoms with Crippen molar-refractivity contribution in [3.05, 3.63) is 17.6 Å². The van der Waals surface area contributed by atoms with Gasteiger partial charge in [-0.1, -0.05) is 20.8 Å². The van der Waals surface area contributed by atoms with E-state index in [1.807, 2.05) is 6.07 Å². The highest BCUT2D eigenvalue weighted by Crippen LogP contribution is 2.22. The van der Waals surface area contributed by atoms with Gasteiger partial charge in [-0.25, -0.2) is 9.97 Å². The standard InChI is InChI=1S/C14H23N3O/c1-14(2,3)11-9-12(15)17-13(16-11)8-10-6-4-5-7-18-10/h9-10H,4-8H2,1-3H3,(H2,15,16,17). The zero-order chi connectivity index (χ0) is 13.2. The highest BCUT2D eigenvalue weighted by atomic mass is 16.5. The monoisotopic (exact) mass is 249 g/mol. The molecule has 1 unspecified atom stereocenters. The Morgan fingerprint density at radius 3 is 2.72 bits per heavy atom. The summed E-state index contributed by atoms with van der Waals surface area (Å²) in [6.45, 7) is 7.26. The van der Waals surface area contributed by atoms with E-state index in [0.29, 0.717) is 5.82 Å². The van der Waals surface area contributed by atoms with Crippen molar-refractivity contribution in [1.29, 1.82) is 0 Å². The van der Waals surface area contributed by atoms with Crippen LogP contribution in [-0.4, -0.2) is 22.7 Å². The minimum atomic E-state index is -0.000762. The van der Waals surface area contributed by atoms with Gasteiger partial charge in [0.25, 0.3) is 0 Å². The number of nitrogens with two attached hydrogens (primary N) is 1. The van der Waals surface area contributed by atoms with E-state index in [1.54, 1.807) is 0 Å². The molecular weight excluding hydrogens is 226 g/mol. The zero-order valence-electron chi connectivity index (χ0n) is 11.6. The van der Waals surface area contributed by atoms with E-state index in [2.05, 4.69) is 30.7 Å². The van der Waals surface area contributed by atoms with E-state index in [1.165, 1.54) is 12.8 Å². The third-order valence-corrected chi connectivity index (χ3v) is 3.24. The van der Waals surface area contributed by atoms with Crippen LogP contribution in [-0.2, 0) is 16.6 Å². The third-order valence-electron chi connectivity index (χ3n) is 3.24. The smallest absolute Gasteiger partial charge is 0.133 e. The van der Waals surface area contributed by atoms with Crippen LogP contribution >= 0.6 is 0 Å². The summed E-state index contributed by atoms with van der Waals surface area (Å²) in [5.41, 5.74) is 6.87. The number of aromatic nitrogens is 2. The Morgan fingerprint density at radius 1 is 1.33 bits per heavy atom. The van der Waals surface area contributed by atoms with Crippen molar-refractivity contribution >= 4 is 5.82 Å². The Morgan fingerprint density at radius 2 is 2.11 bits per heavy atom. The molecule has 2 heterocycles. The van der Waals surface area contributed by atoms with Gasteiger partial charge in [0.05, 0.1) is 11.8 Å². The Bertz CT molecular complexity index is 406. The fourth-order valence-electron chi connectivity index (χ4n) is 2.17. The van der Waals surface area contributed by atoms with Gasteiger partial charge in [-0.05, 0) is 19.3 Å². The summed E-state index contributed by atoms with van der Waals surface area (Å²) < 4.78 is 5.73. The summed E-state index contributed by atoms with van der Waals surface area (Å²) in [5, 5.41) is 0. The number of rotatable bonds is 2. The molecular formula is C14H23N3O. The maximum atomic E-state index is 5.87. The zero-order valence-corrected chi connectivity index (χ0v) is 11.6. The SMILES string of the molecule is CC(C)(C)c1cc(N)nc(CC2CCCCO2)n1. The van der Waals surface area contributed by atoms with Crippen LogP contribution in [0.25, 0.3) is 0 Å². The molecule has 0 saturated carbocycles. The van der Waals surface area contributed by atoms with Crippen molar-refractivity contribution in [2.75, 3.05) is 12.3 Å². The van der Waals surface area contributed by atoms with E-state index in [4.69, 9.17) is 10.5 Å². The summed E-state index contributed by atoms with van der Waals surface area (Å²) in [4.78, 5) is 8.96. The van der Waals surface area contributed by atoms with E-state index in [-0.39, 0.29) is 11.5 Å². The third kappa shape index (κ3) is 3.42. The van der Waals surface area contributed by atoms with Crippen LogP contribution in [0.4, 0.5) is 5.82 Å². The van der Waals surface area contributed by atoms with E-state index >= 15 is 0 Å². The van der Waals surface area contributed by atoms with Crippen molar-refractivity contribution in [1.82, 2.24) is 9.97 Å². The minimum absolute atomic E-state index is 0.000762. The average Bonchev–Trinajstić information content (AvgIpc) is 2.28. The number of hydrogen-bond acceptors (Lipinski definition) is 4. The highest BCUT2D eigenvalue weighted by molar-refractivity contribution is 5.32. The molecule has 1 aliphatic rings. The molecule has 18 heavy (non-hydrogen) atoms. The van der Waals surface area contributed by atoms with Gasteiger partial charge in [0.15, 0.2) is 0 Å². The minimum Gasteiger partial charge on any atom is -0.384 e. The van der Waals surface area contributed by atoms with Gasteiger partial charge in [0.2, 0.25) is 0 Å². The highest BCUT2D eigenvalue weighted by Gasteiger charge is 2.20. The fourth-order valence-corrected chi connectivity index (χ4v) is 2.17. The molecule has 100 valence electrons. The van der Waals surface area contributed by atoms with Crippen LogP contribution in [0.3, 0.4) is 0 Å². The first-order valence-corrected chi connectivity index (χ1v) is 6.70. The van der Waals surface area contributed by atoms with E-state index < -0.39 is 0 Å². The van der Waals surface area contributed by atoms with Crippen LogP contribution < -0.4 is 5.73 Å². The Balaban J connectivity index is 2.14. The first kappa shape index (κ1) is 13.3. The fraction of sp³-hybridized carbons (Fsp3) is 0.714. The second-order valence-corrected chi connectivity index (χ2v) is 6.04. The number of ether oxygens (including phenoxy) is 1. The molecule has 0 radical (unpaired) electrons. The van der Waals surface area contributed by atoms with Gasteiger partial charge in [-0.3, -0.25) is 0 Å². The molecule has 1 aromatic heterocycles. The summed E-state index contributed by atoms with van der Waals surface area (Å²) >= 11 is 0. The predicted molar refractivity (Wildman–Crippen MR) is 72.4 cm³/mol. The van der Waals surface area contributed by atoms with Gasteiger partial charge in [-0.15, -0.1) is 0 Å². The number of nitrogens with zero attached hydrogens (tertiary/aromatic N) is 2. The van der Waals surface area contributed by atoms with Crippen molar-refractivity contribution < 1.29 is 4.74 Å². The first-order valence-electron chi connectivity index (χ1n) is 6.70. The summed E-state index contributed by atoms with van der Waals surface area (Å²) in [7, 11) is 0. The van der Waals surface area contributed by atoms with Crippen molar-refractivity contribution in [3.8, 4) is 0 Å². The van der Waals surface area contributed by atoms with Crippen LogP contribution in [0.5, 0.6) is 0 Å². The van der Waals surface area contributed by atoms with Gasteiger partial charge in [-0.2, -0.15) is 0 Å². The molecule has 0 aliphatic carbocycles. The van der Waals surface area contributed by atoms with Crippen LogP contribution in [0.1, 0.15) is 51.6 Å². The lowest BCUT2D eigenvalue weighted by atomic mass is 9.92. The molecule has 0 spiro atoms. The van der Waals surface area contributed by atoms with Crippen molar-refractivity contribution in [2.45, 2.75) is 58.0 Å². The Kier molecular flexibility index (Phi) is 3.85. The lowest BCUT2D eigenvalue weighted by Gasteiger charge is -2.23. The van der Waals surface area contributed by atoms with Crippen LogP contribution in [0.2, 0.25) is 0 Å². The Labute approximate surface area is 109 Å². The normalized spacial score (nSPS) is 20.9. The summed E-state index contributed by atoms with van der Waals surface area (Å²) in [6, 6.07) is 1.87. The molecule has 1 aromatic rings. The molecule has 1 atom stereocenters. The van der Waals surface area contributed by atoms with E-state index in [9.17, 15) is 0 Å². The lowest BCUT2D eigenvalue weighted by molar-refractivity contribution is 0.0156. The lowest BCUT2D eigenvalue weighted by Crippen LogP contribution is -2.24. The number of anilines is 1. The maximum absolute atomic E-state index is 5.87. The molecule has 4 heteroatoms. The largest absolute Gasteiger partial charge is 0.384 e. The summed E-state index contributed by atoms with van der Waals surface area (Å²) in [6.07, 6.45) is 4.53.